The van der Waals surface area contributed by atoms with Crippen LogP contribution < -0.4 is 5.32 Å². The Kier molecular flexibility index (Phi) is 4.37. The summed E-state index contributed by atoms with van der Waals surface area (Å²) < 4.78 is 0. The second kappa shape index (κ2) is 6.60. The molecule has 1 fully saturated rings. The third-order valence-corrected chi connectivity index (χ3v) is 4.08. The van der Waals surface area contributed by atoms with Crippen LogP contribution in [0.15, 0.2) is 36.5 Å². The number of pyridine rings is 1. The van der Waals surface area contributed by atoms with Gasteiger partial charge in [0.1, 0.15) is 0 Å². The van der Waals surface area contributed by atoms with Crippen molar-refractivity contribution in [1.29, 1.82) is 0 Å². The molecule has 1 aromatic heterocycles. The molecule has 0 unspecified atom stereocenters. The molecule has 1 aliphatic heterocycles. The highest BCUT2D eigenvalue weighted by molar-refractivity contribution is 6.05. The molecule has 4 heteroatoms. The van der Waals surface area contributed by atoms with Gasteiger partial charge in [0.2, 0.25) is 0 Å². The normalized spacial score (nSPS) is 14.7. The minimum Gasteiger partial charge on any atom is -0.386 e. The summed E-state index contributed by atoms with van der Waals surface area (Å²) in [5.74, 6) is 0.0709. The van der Waals surface area contributed by atoms with E-state index in [-0.39, 0.29) is 5.91 Å². The lowest BCUT2D eigenvalue weighted by molar-refractivity contribution is 0.0726. The van der Waals surface area contributed by atoms with Gasteiger partial charge in [0.05, 0.1) is 23.6 Å². The van der Waals surface area contributed by atoms with Crippen LogP contribution in [0.3, 0.4) is 0 Å². The number of likely N-dealkylation sites (tertiary alicyclic amines) is 1. The fourth-order valence-electron chi connectivity index (χ4n) is 2.90. The van der Waals surface area contributed by atoms with Crippen molar-refractivity contribution in [2.75, 3.05) is 25.5 Å². The maximum Gasteiger partial charge on any atom is 0.256 e. The van der Waals surface area contributed by atoms with Crippen LogP contribution in [0.4, 0.5) is 5.69 Å². The predicted molar refractivity (Wildman–Crippen MR) is 87.8 cm³/mol. The van der Waals surface area contributed by atoms with Crippen molar-refractivity contribution in [2.45, 2.75) is 19.3 Å². The van der Waals surface area contributed by atoms with Gasteiger partial charge in [0.15, 0.2) is 0 Å². The molecule has 0 atom stereocenters. The Morgan fingerprint density at radius 1 is 1.18 bits per heavy atom. The molecule has 1 amide bonds. The largest absolute Gasteiger partial charge is 0.386 e. The van der Waals surface area contributed by atoms with Crippen molar-refractivity contribution in [3.8, 4) is 11.1 Å². The SMILES string of the molecule is CNc1cn[c]c(-c2ccccc2)c1C(=O)N1CCCCC1. The van der Waals surface area contributed by atoms with Crippen LogP contribution >= 0.6 is 0 Å². The number of piperidine rings is 1. The molecule has 22 heavy (non-hydrogen) atoms. The number of nitrogens with one attached hydrogen (secondary N) is 1. The molecular weight excluding hydrogens is 274 g/mol. The Hall–Kier alpha value is -2.36. The van der Waals surface area contributed by atoms with Gasteiger partial charge in [0, 0.05) is 25.7 Å². The molecule has 4 nitrogen and oxygen atoms in total. The lowest BCUT2D eigenvalue weighted by Gasteiger charge is -2.28. The van der Waals surface area contributed by atoms with Gasteiger partial charge in [-0.25, -0.2) is 0 Å². The first-order valence-corrected chi connectivity index (χ1v) is 7.74. The molecular formula is C18H20N3O. The monoisotopic (exact) mass is 294 g/mol. The second-order valence-corrected chi connectivity index (χ2v) is 5.50. The number of amides is 1. The zero-order chi connectivity index (χ0) is 15.4. The summed E-state index contributed by atoms with van der Waals surface area (Å²) in [5, 5.41) is 3.10. The smallest absolute Gasteiger partial charge is 0.256 e. The van der Waals surface area contributed by atoms with Crippen molar-refractivity contribution in [1.82, 2.24) is 9.88 Å². The average Bonchev–Trinajstić information content (AvgIpc) is 2.62. The van der Waals surface area contributed by atoms with E-state index in [1.54, 1.807) is 6.20 Å². The summed E-state index contributed by atoms with van der Waals surface area (Å²) in [4.78, 5) is 19.1. The summed E-state index contributed by atoms with van der Waals surface area (Å²) in [5.41, 5.74) is 3.16. The quantitative estimate of drug-likeness (QED) is 0.945. The molecule has 0 aliphatic carbocycles. The highest BCUT2D eigenvalue weighted by Crippen LogP contribution is 2.29. The molecule has 1 saturated heterocycles. The van der Waals surface area contributed by atoms with E-state index in [4.69, 9.17) is 0 Å². The predicted octanol–water partition coefficient (Wildman–Crippen LogP) is 3.22. The Balaban J connectivity index is 2.06. The van der Waals surface area contributed by atoms with E-state index < -0.39 is 0 Å². The highest BCUT2D eigenvalue weighted by Gasteiger charge is 2.24. The highest BCUT2D eigenvalue weighted by atomic mass is 16.2. The van der Waals surface area contributed by atoms with E-state index in [0.717, 1.165) is 42.7 Å². The number of rotatable bonds is 3. The molecule has 1 aliphatic rings. The van der Waals surface area contributed by atoms with Crippen LogP contribution in [0.2, 0.25) is 0 Å². The third kappa shape index (κ3) is 2.82. The van der Waals surface area contributed by atoms with Crippen LogP contribution in [-0.4, -0.2) is 35.9 Å². The third-order valence-electron chi connectivity index (χ3n) is 4.08. The van der Waals surface area contributed by atoms with E-state index in [1.165, 1.54) is 6.42 Å². The van der Waals surface area contributed by atoms with Gasteiger partial charge in [-0.1, -0.05) is 30.3 Å². The van der Waals surface area contributed by atoms with Crippen molar-refractivity contribution in [3.63, 3.8) is 0 Å². The van der Waals surface area contributed by atoms with Crippen LogP contribution in [-0.2, 0) is 0 Å². The molecule has 2 aromatic rings. The average molecular weight is 294 g/mol. The van der Waals surface area contributed by atoms with Gasteiger partial charge in [-0.2, -0.15) is 0 Å². The summed E-state index contributed by atoms with van der Waals surface area (Å²) in [6, 6.07) is 9.86. The fraction of sp³-hybridized carbons (Fsp3) is 0.333. The van der Waals surface area contributed by atoms with E-state index in [9.17, 15) is 4.79 Å². The van der Waals surface area contributed by atoms with E-state index in [0.29, 0.717) is 5.56 Å². The van der Waals surface area contributed by atoms with E-state index in [2.05, 4.69) is 16.5 Å². The summed E-state index contributed by atoms with van der Waals surface area (Å²) >= 11 is 0. The van der Waals surface area contributed by atoms with Gasteiger partial charge in [-0.05, 0) is 24.8 Å². The van der Waals surface area contributed by atoms with Gasteiger partial charge in [-0.15, -0.1) is 0 Å². The minimum atomic E-state index is 0.0709. The topological polar surface area (TPSA) is 45.2 Å². The van der Waals surface area contributed by atoms with Gasteiger partial charge >= 0.3 is 0 Å². The van der Waals surface area contributed by atoms with E-state index in [1.807, 2.05) is 42.3 Å². The Bertz CT molecular complexity index is 649. The molecule has 1 radical (unpaired) electrons. The number of hydrogen-bond donors (Lipinski definition) is 1. The molecule has 113 valence electrons. The summed E-state index contributed by atoms with van der Waals surface area (Å²) in [6.07, 6.45) is 8.04. The number of aromatic nitrogens is 1. The Labute approximate surface area is 131 Å². The van der Waals surface area contributed by atoms with Crippen molar-refractivity contribution in [3.05, 3.63) is 48.3 Å². The van der Waals surface area contributed by atoms with Gasteiger partial charge in [0.25, 0.3) is 5.91 Å². The van der Waals surface area contributed by atoms with Crippen LogP contribution in [0.5, 0.6) is 0 Å². The molecule has 0 bridgehead atoms. The first-order valence-electron chi connectivity index (χ1n) is 7.74. The Morgan fingerprint density at radius 2 is 1.91 bits per heavy atom. The van der Waals surface area contributed by atoms with Crippen LogP contribution in [0.1, 0.15) is 29.6 Å². The summed E-state index contributed by atoms with van der Waals surface area (Å²) in [6.45, 7) is 1.66. The lowest BCUT2D eigenvalue weighted by Crippen LogP contribution is -2.36. The molecule has 1 aromatic carbocycles. The van der Waals surface area contributed by atoms with Gasteiger partial charge in [-0.3, -0.25) is 9.78 Å². The molecule has 3 rings (SSSR count). The van der Waals surface area contributed by atoms with Crippen molar-refractivity contribution in [2.24, 2.45) is 0 Å². The number of benzene rings is 1. The first-order chi connectivity index (χ1) is 10.8. The molecule has 1 N–H and O–H groups in total. The number of carbonyl (C=O) groups excluding carboxylic acids is 1. The fourth-order valence-corrected chi connectivity index (χ4v) is 2.90. The zero-order valence-electron chi connectivity index (χ0n) is 12.8. The standard InChI is InChI=1S/C18H20N3O/c1-19-16-13-20-12-15(14-8-4-2-5-9-14)17(16)18(22)21-10-6-3-7-11-21/h2,4-5,8-9,13,19H,3,6-7,10-11H2,1H3. The van der Waals surface area contributed by atoms with Crippen LogP contribution in [0.25, 0.3) is 11.1 Å². The molecule has 0 saturated carbocycles. The number of anilines is 1. The minimum absolute atomic E-state index is 0.0709. The first kappa shape index (κ1) is 14.6. The summed E-state index contributed by atoms with van der Waals surface area (Å²) in [7, 11) is 1.82. The number of nitrogens with zero attached hydrogens (tertiary/aromatic N) is 2. The number of carbonyl (C=O) groups is 1. The number of hydrogen-bond acceptors (Lipinski definition) is 3. The second-order valence-electron chi connectivity index (χ2n) is 5.50. The zero-order valence-corrected chi connectivity index (χ0v) is 12.8. The Morgan fingerprint density at radius 3 is 2.59 bits per heavy atom. The van der Waals surface area contributed by atoms with E-state index >= 15 is 0 Å². The maximum absolute atomic E-state index is 13.0. The molecule has 0 spiro atoms. The molecule has 2 heterocycles. The lowest BCUT2D eigenvalue weighted by atomic mass is 9.99. The van der Waals surface area contributed by atoms with Crippen molar-refractivity contribution < 1.29 is 4.79 Å². The van der Waals surface area contributed by atoms with Gasteiger partial charge < -0.3 is 10.2 Å². The maximum atomic E-state index is 13.0. The van der Waals surface area contributed by atoms with Crippen LogP contribution in [0, 0.1) is 6.20 Å². The van der Waals surface area contributed by atoms with Crippen molar-refractivity contribution >= 4 is 11.6 Å².